The molecule has 3 aromatic carbocycles. The molecule has 0 radical (unpaired) electrons. The highest BCUT2D eigenvalue weighted by atomic mass is 79.9. The molecule has 1 amide bonds. The fourth-order valence-electron chi connectivity index (χ4n) is 9.10. The Balaban J connectivity index is 1.44. The highest BCUT2D eigenvalue weighted by molar-refractivity contribution is 9.10. The van der Waals surface area contributed by atoms with Crippen LogP contribution < -0.4 is 9.47 Å². The maximum atomic E-state index is 17.5. The molecule has 1 fully saturated rings. The van der Waals surface area contributed by atoms with Gasteiger partial charge >= 0.3 is 0 Å². The van der Waals surface area contributed by atoms with Crippen LogP contribution in [0.5, 0.6) is 11.6 Å². The number of rotatable bonds is 12. The third kappa shape index (κ3) is 8.44. The van der Waals surface area contributed by atoms with Gasteiger partial charge in [0.05, 0.1) is 16.1 Å². The van der Waals surface area contributed by atoms with Crippen molar-refractivity contribution in [3.05, 3.63) is 116 Å². The zero-order valence-corrected chi connectivity index (χ0v) is 40.7. The summed E-state index contributed by atoms with van der Waals surface area (Å²) in [6.07, 6.45) is 0.159. The van der Waals surface area contributed by atoms with E-state index in [9.17, 15) is 9.90 Å². The topological polar surface area (TPSA) is 132 Å². The van der Waals surface area contributed by atoms with Crippen molar-refractivity contribution in [2.75, 3.05) is 20.6 Å². The van der Waals surface area contributed by atoms with Crippen LogP contribution in [0.2, 0.25) is 18.1 Å². The number of hydrogen-bond donors (Lipinski definition) is 1. The molecule has 1 saturated carbocycles. The van der Waals surface area contributed by atoms with Crippen molar-refractivity contribution in [2.45, 2.75) is 111 Å². The fraction of sp³-hybridized carbons (Fsp3) is 0.469. The van der Waals surface area contributed by atoms with Gasteiger partial charge in [0.2, 0.25) is 17.5 Å². The number of aliphatic hydroxyl groups is 1. The van der Waals surface area contributed by atoms with E-state index < -0.39 is 60.0 Å². The number of aromatic nitrogens is 1. The average Bonchev–Trinajstić information content (AvgIpc) is 3.62. The first-order valence-corrected chi connectivity index (χ1v) is 25.2. The summed E-state index contributed by atoms with van der Waals surface area (Å²) in [6.45, 7) is 18.0. The maximum absolute atomic E-state index is 17.5. The highest BCUT2D eigenvalue weighted by Gasteiger charge is 2.69. The van der Waals surface area contributed by atoms with Gasteiger partial charge in [-0.3, -0.25) is 19.3 Å². The second kappa shape index (κ2) is 17.1. The Morgan fingerprint density at radius 1 is 0.952 bits per heavy atom. The summed E-state index contributed by atoms with van der Waals surface area (Å²) in [6, 6.07) is 18.2. The van der Waals surface area contributed by atoms with Crippen LogP contribution in [0.3, 0.4) is 0 Å². The molecular weight excluding hydrogens is 886 g/mol. The summed E-state index contributed by atoms with van der Waals surface area (Å²) < 4.78 is 43.7. The Morgan fingerprint density at radius 3 is 2.08 bits per heavy atom. The molecule has 7 rings (SSSR count). The summed E-state index contributed by atoms with van der Waals surface area (Å²) in [5.41, 5.74) is -0.371. The molecule has 3 aliphatic carbocycles. The number of ketones is 2. The molecule has 1 aromatic heterocycles. The third-order valence-electron chi connectivity index (χ3n) is 13.1. The van der Waals surface area contributed by atoms with Crippen LogP contribution in [0, 0.1) is 23.1 Å². The number of carbonyl (C=O) groups is 3. The number of hydrogen-bond acceptors (Lipinski definition) is 10. The van der Waals surface area contributed by atoms with Gasteiger partial charge in [0.1, 0.15) is 36.1 Å². The SMILES string of the molecule is CC(=O)N(Cc1c(F)c2c(c(OCc3ccccc3)c1Br)C(O)=C1C(=O)[C@]3(O[Si](C)(C)C(C)(C)C)C(=O)c4c(OCc5ccccc5)noc4[C@@H](N(C)C)[C@@H]3C[C@@H]1C2)CC(C)(C)C. The lowest BCUT2D eigenvalue weighted by atomic mass is 9.57. The molecule has 11 nitrogen and oxygen atoms in total. The lowest BCUT2D eigenvalue weighted by Crippen LogP contribution is -2.68. The van der Waals surface area contributed by atoms with E-state index in [1.165, 1.54) is 6.92 Å². The monoisotopic (exact) mass is 943 g/mol. The number of benzene rings is 3. The van der Waals surface area contributed by atoms with Crippen LogP contribution in [-0.2, 0) is 40.2 Å². The predicted octanol–water partition coefficient (Wildman–Crippen LogP) is 10.4. The fourth-order valence-corrected chi connectivity index (χ4v) is 11.2. The van der Waals surface area contributed by atoms with E-state index in [1.807, 2.05) is 134 Å². The van der Waals surface area contributed by atoms with E-state index >= 15 is 14.0 Å². The van der Waals surface area contributed by atoms with Gasteiger partial charge in [0.25, 0.3) is 5.88 Å². The molecule has 0 unspecified atom stereocenters. The molecule has 0 bridgehead atoms. The van der Waals surface area contributed by atoms with Gasteiger partial charge in [-0.15, -0.1) is 0 Å². The lowest BCUT2D eigenvalue weighted by molar-refractivity contribution is -0.140. The second-order valence-corrected chi connectivity index (χ2v) is 25.7. The summed E-state index contributed by atoms with van der Waals surface area (Å²) in [5, 5.41) is 16.5. The summed E-state index contributed by atoms with van der Waals surface area (Å²) in [4.78, 5) is 48.2. The summed E-state index contributed by atoms with van der Waals surface area (Å²) in [7, 11) is 0.680. The minimum Gasteiger partial charge on any atom is -0.507 e. The van der Waals surface area contributed by atoms with Gasteiger partial charge in [-0.2, -0.15) is 0 Å². The van der Waals surface area contributed by atoms with E-state index in [1.54, 1.807) is 4.90 Å². The summed E-state index contributed by atoms with van der Waals surface area (Å²) in [5.74, 6) is -3.87. The van der Waals surface area contributed by atoms with E-state index in [4.69, 9.17) is 18.4 Å². The van der Waals surface area contributed by atoms with Crippen LogP contribution in [0.4, 0.5) is 4.39 Å². The van der Waals surface area contributed by atoms with Crippen LogP contribution in [-0.4, -0.2) is 72.1 Å². The molecule has 4 atom stereocenters. The molecule has 4 aromatic rings. The minimum atomic E-state index is -3.01. The van der Waals surface area contributed by atoms with Crippen molar-refractivity contribution in [3.8, 4) is 11.6 Å². The number of ether oxygens (including phenoxy) is 2. The number of halogens is 2. The molecule has 14 heteroatoms. The molecule has 336 valence electrons. The number of nitrogens with zero attached hydrogens (tertiary/aromatic N) is 3. The maximum Gasteiger partial charge on any atom is 0.265 e. The number of carbonyl (C=O) groups excluding carboxylic acids is 3. The average molecular weight is 945 g/mol. The van der Waals surface area contributed by atoms with E-state index in [0.717, 1.165) is 11.1 Å². The number of fused-ring (bicyclic) bond motifs is 4. The van der Waals surface area contributed by atoms with Gasteiger partial charge in [0.15, 0.2) is 19.7 Å². The number of aliphatic hydroxyl groups excluding tert-OH is 1. The van der Waals surface area contributed by atoms with Crippen molar-refractivity contribution in [1.29, 1.82) is 0 Å². The molecule has 0 spiro atoms. The largest absolute Gasteiger partial charge is 0.507 e. The standard InChI is InChI=1S/C49H59BrFN3O8Si/c1-28(55)54(27-47(2,3)4)24-33-38(50)42(59-25-29-18-14-12-15-19-29)36-32(39(33)51)22-31-23-34-40(53(8)9)43-37(46(52-61-43)60-26-30-20-16-13-17-21-30)45(58)49(34,44(57)35(31)41(36)56)62-63(10,11)48(5,6)7/h12-21,31,34,40,56H,22-27H2,1-11H3/t31-,34-,40-,49-/m0/s1. The van der Waals surface area contributed by atoms with Gasteiger partial charge in [-0.05, 0) is 88.6 Å². The molecule has 1 heterocycles. The van der Waals surface area contributed by atoms with Crippen LogP contribution in [0.1, 0.15) is 105 Å². The zero-order chi connectivity index (χ0) is 46.0. The quantitative estimate of drug-likeness (QED) is 0.108. The van der Waals surface area contributed by atoms with Gasteiger partial charge < -0.3 is 28.4 Å². The predicted molar refractivity (Wildman–Crippen MR) is 244 cm³/mol. The van der Waals surface area contributed by atoms with Gasteiger partial charge in [0, 0.05) is 42.6 Å². The van der Waals surface area contributed by atoms with Crippen LogP contribution >= 0.6 is 15.9 Å². The van der Waals surface area contributed by atoms with E-state index in [0.29, 0.717) is 6.54 Å². The molecule has 1 N–H and O–H groups in total. The molecule has 3 aliphatic rings. The van der Waals surface area contributed by atoms with Gasteiger partial charge in [-0.1, -0.05) is 102 Å². The number of Topliss-reactive ketones (excluding diaryl/α,β-unsaturated/α-hetero) is 2. The van der Waals surface area contributed by atoms with Crippen molar-refractivity contribution in [1.82, 2.24) is 15.0 Å². The zero-order valence-electron chi connectivity index (χ0n) is 38.2. The van der Waals surface area contributed by atoms with Crippen molar-refractivity contribution < 1.29 is 42.3 Å². The third-order valence-corrected chi connectivity index (χ3v) is 18.4. The number of amides is 1. The summed E-state index contributed by atoms with van der Waals surface area (Å²) >= 11 is 3.66. The lowest BCUT2D eigenvalue weighted by Gasteiger charge is -2.55. The first kappa shape index (κ1) is 46.4. The van der Waals surface area contributed by atoms with Crippen molar-refractivity contribution in [2.24, 2.45) is 17.3 Å². The van der Waals surface area contributed by atoms with E-state index in [2.05, 4.69) is 21.1 Å². The normalized spacial score (nSPS) is 21.1. The van der Waals surface area contributed by atoms with Crippen LogP contribution in [0.15, 0.2) is 75.2 Å². The van der Waals surface area contributed by atoms with Gasteiger partial charge in [-0.25, -0.2) is 4.39 Å². The first-order valence-electron chi connectivity index (χ1n) is 21.5. The Hall–Kier alpha value is -4.63. The molecular formula is C49H59BrFN3O8Si. The van der Waals surface area contributed by atoms with Crippen LogP contribution in [0.25, 0.3) is 5.76 Å². The van der Waals surface area contributed by atoms with Crippen molar-refractivity contribution in [3.63, 3.8) is 0 Å². The Morgan fingerprint density at radius 2 is 1.54 bits per heavy atom. The Kier molecular flexibility index (Phi) is 12.6. The van der Waals surface area contributed by atoms with Crippen molar-refractivity contribution >= 4 is 47.5 Å². The first-order chi connectivity index (χ1) is 29.5. The Bertz CT molecular complexity index is 2460. The molecule has 63 heavy (non-hydrogen) atoms. The smallest absolute Gasteiger partial charge is 0.265 e. The molecule has 0 saturated heterocycles. The second-order valence-electron chi connectivity index (χ2n) is 20.2. The highest BCUT2D eigenvalue weighted by Crippen LogP contribution is 2.60. The Labute approximate surface area is 379 Å². The van der Waals surface area contributed by atoms with E-state index in [-0.39, 0.29) is 93.6 Å². The minimum absolute atomic E-state index is 0.00330. The molecule has 0 aliphatic heterocycles.